The van der Waals surface area contributed by atoms with Crippen molar-refractivity contribution < 1.29 is 9.53 Å². The van der Waals surface area contributed by atoms with Gasteiger partial charge in [-0.15, -0.1) is 0 Å². The number of rotatable bonds is 5. The normalized spacial score (nSPS) is 16.2. The molecule has 8 heteroatoms. The molecule has 1 fully saturated rings. The van der Waals surface area contributed by atoms with Gasteiger partial charge in [-0.1, -0.05) is 48.5 Å². The summed E-state index contributed by atoms with van der Waals surface area (Å²) in [5, 5.41) is 6.61. The topological polar surface area (TPSA) is 92.3 Å². The van der Waals surface area contributed by atoms with Gasteiger partial charge < -0.3 is 15.4 Å². The van der Waals surface area contributed by atoms with Crippen LogP contribution in [-0.4, -0.2) is 44.3 Å². The van der Waals surface area contributed by atoms with Gasteiger partial charge >= 0.3 is 6.09 Å². The Kier molecular flexibility index (Phi) is 6.72. The minimum absolute atomic E-state index is 0.260. The zero-order chi connectivity index (χ0) is 23.3. The molecule has 1 saturated heterocycles. The van der Waals surface area contributed by atoms with Crippen molar-refractivity contribution in [2.24, 2.45) is 0 Å². The number of para-hydroxylation sites is 1. The number of nitrogens with zero attached hydrogens (tertiary/aromatic N) is 4. The minimum atomic E-state index is -0.556. The van der Waals surface area contributed by atoms with Crippen molar-refractivity contribution in [3.05, 3.63) is 60.7 Å². The van der Waals surface area contributed by atoms with Crippen LogP contribution in [0, 0.1) is 0 Å². The van der Waals surface area contributed by atoms with E-state index in [-0.39, 0.29) is 12.3 Å². The summed E-state index contributed by atoms with van der Waals surface area (Å²) in [6.45, 7) is 6.24. The van der Waals surface area contributed by atoms with Crippen molar-refractivity contribution in [2.75, 3.05) is 17.2 Å². The second-order valence-electron chi connectivity index (χ2n) is 8.99. The van der Waals surface area contributed by atoms with Gasteiger partial charge in [0.15, 0.2) is 5.82 Å². The molecule has 1 aromatic heterocycles. The highest BCUT2D eigenvalue weighted by Crippen LogP contribution is 2.24. The molecule has 2 aromatic carbocycles. The lowest BCUT2D eigenvalue weighted by molar-refractivity contribution is 0.0129. The highest BCUT2D eigenvalue weighted by atomic mass is 16.6. The molecule has 2 heterocycles. The largest absolute Gasteiger partial charge is 0.444 e. The zero-order valence-electron chi connectivity index (χ0n) is 19.3. The molecule has 2 N–H and O–H groups in total. The number of piperidine rings is 1. The van der Waals surface area contributed by atoms with Crippen LogP contribution >= 0.6 is 0 Å². The number of ether oxygens (including phenoxy) is 1. The number of likely N-dealkylation sites (tertiary alicyclic amines) is 1. The van der Waals surface area contributed by atoms with Gasteiger partial charge in [-0.05, 0) is 52.2 Å². The predicted octanol–water partition coefficient (Wildman–Crippen LogP) is 5.44. The third-order valence-corrected chi connectivity index (χ3v) is 5.12. The number of anilines is 3. The standard InChI is InChI=1S/C25H30N6O2/c1-25(2,3)33-24(32)31-17-11-10-16-20(31)27-23-29-21(18-12-6-4-7-13-18)28-22(30-23)26-19-14-8-5-9-15-19/h4-9,12-15,20H,10-11,16-17H2,1-3H3,(H2,26,27,28,29,30). The fourth-order valence-corrected chi connectivity index (χ4v) is 3.63. The quantitative estimate of drug-likeness (QED) is 0.539. The van der Waals surface area contributed by atoms with Crippen molar-refractivity contribution in [1.29, 1.82) is 0 Å². The van der Waals surface area contributed by atoms with E-state index in [0.29, 0.717) is 24.3 Å². The minimum Gasteiger partial charge on any atom is -0.444 e. The third-order valence-electron chi connectivity index (χ3n) is 5.12. The van der Waals surface area contributed by atoms with Crippen molar-refractivity contribution in [2.45, 2.75) is 51.8 Å². The van der Waals surface area contributed by atoms with E-state index >= 15 is 0 Å². The van der Waals surface area contributed by atoms with E-state index in [1.54, 1.807) is 4.90 Å². The van der Waals surface area contributed by atoms with E-state index in [2.05, 4.69) is 25.6 Å². The number of hydrogen-bond acceptors (Lipinski definition) is 7. The molecular weight excluding hydrogens is 416 g/mol. The SMILES string of the molecule is CC(C)(C)OC(=O)N1CCCCC1Nc1nc(Nc2ccccc2)nc(-c2ccccc2)n1. The number of carbonyl (C=O) groups excluding carboxylic acids is 1. The molecule has 0 radical (unpaired) electrons. The van der Waals surface area contributed by atoms with Gasteiger partial charge in [0, 0.05) is 17.8 Å². The van der Waals surface area contributed by atoms with Crippen molar-refractivity contribution in [3.8, 4) is 11.4 Å². The summed E-state index contributed by atoms with van der Waals surface area (Å²) in [5.41, 5.74) is 1.20. The molecule has 1 atom stereocenters. The van der Waals surface area contributed by atoms with Crippen LogP contribution in [0.25, 0.3) is 11.4 Å². The van der Waals surface area contributed by atoms with Gasteiger partial charge in [0.25, 0.3) is 0 Å². The van der Waals surface area contributed by atoms with E-state index in [1.807, 2.05) is 81.4 Å². The summed E-state index contributed by atoms with van der Waals surface area (Å²) in [6, 6.07) is 19.5. The lowest BCUT2D eigenvalue weighted by Gasteiger charge is -2.37. The second-order valence-corrected chi connectivity index (χ2v) is 8.99. The summed E-state index contributed by atoms with van der Waals surface area (Å²) in [7, 11) is 0. The number of hydrogen-bond donors (Lipinski definition) is 2. The first-order chi connectivity index (χ1) is 15.9. The van der Waals surface area contributed by atoms with E-state index in [9.17, 15) is 4.79 Å². The third kappa shape index (κ3) is 6.19. The van der Waals surface area contributed by atoms with Gasteiger partial charge in [0.1, 0.15) is 11.8 Å². The molecule has 0 saturated carbocycles. The molecule has 0 aliphatic carbocycles. The van der Waals surface area contributed by atoms with Gasteiger partial charge in [-0.25, -0.2) is 4.79 Å². The molecule has 3 aromatic rings. The number of amides is 1. The number of benzene rings is 2. The smallest absolute Gasteiger partial charge is 0.411 e. The molecule has 0 bridgehead atoms. The zero-order valence-corrected chi connectivity index (χ0v) is 19.3. The van der Waals surface area contributed by atoms with E-state index in [0.717, 1.165) is 30.5 Å². The van der Waals surface area contributed by atoms with E-state index < -0.39 is 5.60 Å². The number of aromatic nitrogens is 3. The lowest BCUT2D eigenvalue weighted by atomic mass is 10.1. The van der Waals surface area contributed by atoms with Crippen LogP contribution in [0.1, 0.15) is 40.0 Å². The summed E-state index contributed by atoms with van der Waals surface area (Å²) in [4.78, 5) is 28.4. The van der Waals surface area contributed by atoms with Gasteiger partial charge in [0.05, 0.1) is 0 Å². The van der Waals surface area contributed by atoms with Gasteiger partial charge in [0.2, 0.25) is 11.9 Å². The maximum atomic E-state index is 12.8. The van der Waals surface area contributed by atoms with E-state index in [1.165, 1.54) is 0 Å². The Morgan fingerprint density at radius 1 is 0.939 bits per heavy atom. The van der Waals surface area contributed by atoms with Crippen LogP contribution in [-0.2, 0) is 4.74 Å². The van der Waals surface area contributed by atoms with Crippen LogP contribution < -0.4 is 10.6 Å². The monoisotopic (exact) mass is 446 g/mol. The number of nitrogens with one attached hydrogen (secondary N) is 2. The average molecular weight is 447 g/mol. The first kappa shape index (κ1) is 22.5. The highest BCUT2D eigenvalue weighted by molar-refractivity contribution is 5.69. The maximum Gasteiger partial charge on any atom is 0.411 e. The van der Waals surface area contributed by atoms with Crippen LogP contribution in [0.4, 0.5) is 22.4 Å². The molecule has 33 heavy (non-hydrogen) atoms. The van der Waals surface area contributed by atoms with Crippen LogP contribution in [0.15, 0.2) is 60.7 Å². The molecule has 172 valence electrons. The van der Waals surface area contributed by atoms with Crippen molar-refractivity contribution in [3.63, 3.8) is 0 Å². The molecule has 1 unspecified atom stereocenters. The summed E-state index contributed by atoms with van der Waals surface area (Å²) in [5.74, 6) is 1.38. The predicted molar refractivity (Wildman–Crippen MR) is 129 cm³/mol. The van der Waals surface area contributed by atoms with Gasteiger partial charge in [-0.2, -0.15) is 15.0 Å². The van der Waals surface area contributed by atoms with Gasteiger partial charge in [-0.3, -0.25) is 4.90 Å². The summed E-state index contributed by atoms with van der Waals surface area (Å²) in [6.07, 6.45) is 2.13. The molecular formula is C25H30N6O2. The van der Waals surface area contributed by atoms with Crippen molar-refractivity contribution >= 4 is 23.7 Å². The summed E-state index contributed by atoms with van der Waals surface area (Å²) < 4.78 is 5.62. The Morgan fingerprint density at radius 3 is 2.30 bits per heavy atom. The van der Waals surface area contributed by atoms with E-state index in [4.69, 9.17) is 4.74 Å². The summed E-state index contributed by atoms with van der Waals surface area (Å²) >= 11 is 0. The Hall–Kier alpha value is -3.68. The Morgan fingerprint density at radius 2 is 1.61 bits per heavy atom. The molecule has 8 nitrogen and oxygen atoms in total. The fourth-order valence-electron chi connectivity index (χ4n) is 3.63. The molecule has 1 aliphatic rings. The Bertz CT molecular complexity index is 1070. The molecule has 1 amide bonds. The molecule has 4 rings (SSSR count). The Balaban J connectivity index is 1.62. The maximum absolute atomic E-state index is 12.8. The second kappa shape index (κ2) is 9.85. The highest BCUT2D eigenvalue weighted by Gasteiger charge is 2.31. The van der Waals surface area contributed by atoms with Crippen LogP contribution in [0.3, 0.4) is 0 Å². The first-order valence-corrected chi connectivity index (χ1v) is 11.3. The Labute approximate surface area is 194 Å². The molecule has 1 aliphatic heterocycles. The average Bonchev–Trinajstić information content (AvgIpc) is 2.79. The van der Waals surface area contributed by atoms with Crippen LogP contribution in [0.2, 0.25) is 0 Å². The fraction of sp³-hybridized carbons (Fsp3) is 0.360. The molecule has 0 spiro atoms. The number of carbonyl (C=O) groups is 1. The lowest BCUT2D eigenvalue weighted by Crippen LogP contribution is -2.49. The van der Waals surface area contributed by atoms with Crippen LogP contribution in [0.5, 0.6) is 0 Å². The first-order valence-electron chi connectivity index (χ1n) is 11.3. The van der Waals surface area contributed by atoms with Crippen molar-refractivity contribution in [1.82, 2.24) is 19.9 Å².